The predicted molar refractivity (Wildman–Crippen MR) is 99.5 cm³/mol. The number of benzene rings is 1. The predicted octanol–water partition coefficient (Wildman–Crippen LogP) is 3.60. The summed E-state index contributed by atoms with van der Waals surface area (Å²) in [5.41, 5.74) is 1.37. The van der Waals surface area contributed by atoms with Crippen LogP contribution in [0.3, 0.4) is 0 Å². The van der Waals surface area contributed by atoms with Crippen molar-refractivity contribution >= 4 is 11.9 Å². The van der Waals surface area contributed by atoms with Crippen molar-refractivity contribution < 1.29 is 14.7 Å². The quantitative estimate of drug-likeness (QED) is 0.898. The van der Waals surface area contributed by atoms with Crippen LogP contribution in [0.25, 0.3) is 0 Å². The van der Waals surface area contributed by atoms with Crippen LogP contribution < -0.4 is 0 Å². The van der Waals surface area contributed by atoms with E-state index in [9.17, 15) is 14.7 Å². The number of nitrogens with zero attached hydrogens (tertiary/aromatic N) is 1. The van der Waals surface area contributed by atoms with Gasteiger partial charge in [-0.15, -0.1) is 0 Å². The number of carbonyl (C=O) groups excluding carboxylic acids is 1. The number of carboxylic acid groups (broad SMARTS) is 1. The first-order valence-corrected chi connectivity index (χ1v) is 10.2. The molecule has 4 nitrogen and oxygen atoms in total. The van der Waals surface area contributed by atoms with Gasteiger partial charge in [0.2, 0.25) is 5.91 Å². The van der Waals surface area contributed by atoms with Crippen molar-refractivity contribution in [3.63, 3.8) is 0 Å². The highest BCUT2D eigenvalue weighted by molar-refractivity contribution is 5.85. The van der Waals surface area contributed by atoms with Crippen LogP contribution in [0.4, 0.5) is 0 Å². The Balaban J connectivity index is 1.38. The molecule has 1 aliphatic heterocycles. The van der Waals surface area contributed by atoms with Gasteiger partial charge < -0.3 is 10.0 Å². The van der Waals surface area contributed by atoms with Gasteiger partial charge in [-0.1, -0.05) is 30.3 Å². The maximum absolute atomic E-state index is 13.2. The number of likely N-dealkylation sites (tertiary alicyclic amines) is 1. The van der Waals surface area contributed by atoms with Crippen LogP contribution in [0.15, 0.2) is 30.3 Å². The molecule has 1 aromatic rings. The fourth-order valence-corrected chi connectivity index (χ4v) is 5.68. The first kappa shape index (κ1) is 17.6. The Hall–Kier alpha value is -1.84. The summed E-state index contributed by atoms with van der Waals surface area (Å²) < 4.78 is 0. The van der Waals surface area contributed by atoms with Gasteiger partial charge in [0, 0.05) is 13.1 Å². The topological polar surface area (TPSA) is 57.6 Å². The Morgan fingerprint density at radius 2 is 1.46 bits per heavy atom. The van der Waals surface area contributed by atoms with Crippen molar-refractivity contribution in [2.75, 3.05) is 13.1 Å². The van der Waals surface area contributed by atoms with Crippen LogP contribution in [-0.2, 0) is 16.0 Å². The number of carboxylic acids is 1. The van der Waals surface area contributed by atoms with Gasteiger partial charge in [0.25, 0.3) is 0 Å². The van der Waals surface area contributed by atoms with E-state index in [0.29, 0.717) is 5.92 Å². The van der Waals surface area contributed by atoms with Gasteiger partial charge in [0.05, 0.1) is 11.8 Å². The van der Waals surface area contributed by atoms with Crippen molar-refractivity contribution in [1.29, 1.82) is 0 Å². The lowest BCUT2D eigenvalue weighted by molar-refractivity contribution is -0.162. The maximum atomic E-state index is 13.2. The molecule has 3 aliphatic carbocycles. The van der Waals surface area contributed by atoms with E-state index in [0.717, 1.165) is 58.0 Å². The Bertz CT molecular complexity index is 643. The van der Waals surface area contributed by atoms with Gasteiger partial charge >= 0.3 is 5.97 Å². The normalized spacial score (nSPS) is 31.8. The second-order valence-electron chi connectivity index (χ2n) is 8.52. The zero-order chi connectivity index (χ0) is 18.1. The number of aliphatic carboxylic acids is 1. The Morgan fingerprint density at radius 3 is 2.04 bits per heavy atom. The number of piperidine rings is 1. The summed E-state index contributed by atoms with van der Waals surface area (Å²) in [5.74, 6) is -0.221. The van der Waals surface area contributed by atoms with Gasteiger partial charge in [0.1, 0.15) is 0 Å². The van der Waals surface area contributed by atoms with E-state index in [1.165, 1.54) is 5.56 Å². The Labute approximate surface area is 155 Å². The molecule has 4 aliphatic rings. The lowest BCUT2D eigenvalue weighted by Gasteiger charge is -2.47. The average Bonchev–Trinajstić information content (AvgIpc) is 2.69. The zero-order valence-electron chi connectivity index (χ0n) is 15.3. The summed E-state index contributed by atoms with van der Waals surface area (Å²) in [4.78, 5) is 27.0. The van der Waals surface area contributed by atoms with Crippen LogP contribution in [0, 0.1) is 29.6 Å². The van der Waals surface area contributed by atoms with E-state index in [-0.39, 0.29) is 23.7 Å². The minimum absolute atomic E-state index is 0.130. The molecule has 140 valence electrons. The number of rotatable bonds is 4. The largest absolute Gasteiger partial charge is 0.481 e. The molecule has 5 rings (SSSR count). The molecule has 1 amide bonds. The van der Waals surface area contributed by atoms with Crippen molar-refractivity contribution in [2.24, 2.45) is 29.6 Å². The average molecular weight is 355 g/mol. The summed E-state index contributed by atoms with van der Waals surface area (Å²) >= 11 is 0. The van der Waals surface area contributed by atoms with Gasteiger partial charge in [-0.2, -0.15) is 0 Å². The van der Waals surface area contributed by atoms with Crippen LogP contribution in [-0.4, -0.2) is 35.0 Å². The first-order chi connectivity index (χ1) is 12.6. The minimum Gasteiger partial charge on any atom is -0.481 e. The Morgan fingerprint density at radius 1 is 0.885 bits per heavy atom. The zero-order valence-corrected chi connectivity index (χ0v) is 15.3. The Kier molecular flexibility index (Phi) is 5.01. The van der Waals surface area contributed by atoms with Gasteiger partial charge in [0.15, 0.2) is 0 Å². The summed E-state index contributed by atoms with van der Waals surface area (Å²) in [6.07, 6.45) is 7.19. The molecule has 1 N–H and O–H groups in total. The van der Waals surface area contributed by atoms with Crippen LogP contribution in [0.5, 0.6) is 0 Å². The lowest BCUT2D eigenvalue weighted by atomic mass is 9.58. The molecule has 3 saturated carbocycles. The van der Waals surface area contributed by atoms with E-state index in [1.807, 2.05) is 11.0 Å². The lowest BCUT2D eigenvalue weighted by Crippen LogP contribution is -2.53. The summed E-state index contributed by atoms with van der Waals surface area (Å²) in [5, 5.41) is 9.71. The number of amides is 1. The van der Waals surface area contributed by atoms with E-state index in [4.69, 9.17) is 0 Å². The minimum atomic E-state index is -0.753. The van der Waals surface area contributed by atoms with E-state index < -0.39 is 11.9 Å². The number of fused-ring (bicyclic) bond motifs is 3. The molecule has 1 heterocycles. The van der Waals surface area contributed by atoms with E-state index in [1.54, 1.807) is 0 Å². The SMILES string of the molecule is O=C(O)[C@@H]1C2CCC(CC2)[C@@H]1C(=O)N1CCC(Cc2ccccc2)CC1. The van der Waals surface area contributed by atoms with Crippen LogP contribution in [0.1, 0.15) is 44.1 Å². The highest BCUT2D eigenvalue weighted by atomic mass is 16.4. The van der Waals surface area contributed by atoms with Crippen molar-refractivity contribution in [3.8, 4) is 0 Å². The second-order valence-corrected chi connectivity index (χ2v) is 8.52. The third-order valence-corrected chi connectivity index (χ3v) is 7.08. The summed E-state index contributed by atoms with van der Waals surface area (Å²) in [6.45, 7) is 1.58. The number of hydrogen-bond acceptors (Lipinski definition) is 2. The molecule has 1 aromatic carbocycles. The van der Waals surface area contributed by atoms with Crippen LogP contribution >= 0.6 is 0 Å². The third-order valence-electron chi connectivity index (χ3n) is 7.08. The fourth-order valence-electron chi connectivity index (χ4n) is 5.68. The molecule has 1 saturated heterocycles. The molecule has 2 bridgehead atoms. The molecule has 2 atom stereocenters. The van der Waals surface area contributed by atoms with Gasteiger partial charge in [-0.3, -0.25) is 9.59 Å². The summed E-state index contributed by atoms with van der Waals surface area (Å²) in [7, 11) is 0. The third kappa shape index (κ3) is 3.38. The smallest absolute Gasteiger partial charge is 0.307 e. The standard InChI is InChI=1S/C22H29NO3/c24-21(19-17-6-8-18(9-7-17)20(19)22(25)26)23-12-10-16(11-13-23)14-15-4-2-1-3-5-15/h1-5,16-20H,6-14H2,(H,25,26)/t17?,18?,19-,20+/m0/s1. The molecule has 0 unspecified atom stereocenters. The molecular formula is C22H29NO3. The number of hydrogen-bond donors (Lipinski definition) is 1. The van der Waals surface area contributed by atoms with Gasteiger partial charge in [-0.05, 0) is 68.3 Å². The van der Waals surface area contributed by atoms with Crippen molar-refractivity contribution in [2.45, 2.75) is 44.9 Å². The molecule has 0 spiro atoms. The monoisotopic (exact) mass is 355 g/mol. The van der Waals surface area contributed by atoms with Crippen LogP contribution in [0.2, 0.25) is 0 Å². The highest BCUT2D eigenvalue weighted by Crippen LogP contribution is 2.49. The first-order valence-electron chi connectivity index (χ1n) is 10.2. The molecular weight excluding hydrogens is 326 g/mol. The van der Waals surface area contributed by atoms with E-state index in [2.05, 4.69) is 24.3 Å². The fraction of sp³-hybridized carbons (Fsp3) is 0.636. The highest BCUT2D eigenvalue weighted by Gasteiger charge is 2.51. The molecule has 26 heavy (non-hydrogen) atoms. The maximum Gasteiger partial charge on any atom is 0.307 e. The summed E-state index contributed by atoms with van der Waals surface area (Å²) in [6, 6.07) is 10.6. The second kappa shape index (κ2) is 7.42. The molecule has 0 aromatic heterocycles. The van der Waals surface area contributed by atoms with E-state index >= 15 is 0 Å². The molecule has 4 fully saturated rings. The number of carbonyl (C=O) groups is 2. The van der Waals surface area contributed by atoms with Crippen molar-refractivity contribution in [3.05, 3.63) is 35.9 Å². The molecule has 0 radical (unpaired) electrons. The molecule has 4 heteroatoms. The van der Waals surface area contributed by atoms with Crippen molar-refractivity contribution in [1.82, 2.24) is 4.90 Å². The van der Waals surface area contributed by atoms with Gasteiger partial charge in [-0.25, -0.2) is 0 Å².